The highest BCUT2D eigenvalue weighted by molar-refractivity contribution is 6.84. The summed E-state index contributed by atoms with van der Waals surface area (Å²) in [4.78, 5) is 0. The largest absolute Gasteiger partial charge is 0.129 e. The maximum absolute atomic E-state index is 3.45. The minimum Gasteiger partial charge on any atom is -0.127 e. The second-order valence-electron chi connectivity index (χ2n) is 7.08. The van der Waals surface area contributed by atoms with Gasteiger partial charge in [-0.1, -0.05) is 98.1 Å². The van der Waals surface area contributed by atoms with Crippen molar-refractivity contribution in [1.29, 1.82) is 0 Å². The quantitative estimate of drug-likeness (QED) is 0.364. The molecule has 0 atom stereocenters. The average molecular weight is 343 g/mol. The molecule has 25 heavy (non-hydrogen) atoms. The Hall–Kier alpha value is -2.48. The van der Waals surface area contributed by atoms with Crippen molar-refractivity contribution < 1.29 is 0 Å². The number of hydrogen-bond acceptors (Lipinski definition) is 0. The Bertz CT molecular complexity index is 801. The predicted octanol–water partition coefficient (Wildman–Crippen LogP) is 5.98. The van der Waals surface area contributed by atoms with Gasteiger partial charge in [0.15, 0.2) is 0 Å². The van der Waals surface area contributed by atoms with E-state index in [-0.39, 0.29) is 0 Å². The van der Waals surface area contributed by atoms with Gasteiger partial charge in [0.25, 0.3) is 0 Å². The van der Waals surface area contributed by atoms with Crippen LogP contribution in [0.4, 0.5) is 0 Å². The van der Waals surface area contributed by atoms with Gasteiger partial charge in [-0.15, -0.1) is 5.54 Å². The normalized spacial score (nSPS) is 11.1. The third-order valence-electron chi connectivity index (χ3n) is 3.59. The van der Waals surface area contributed by atoms with Gasteiger partial charge < -0.3 is 0 Å². The number of hydrogen-bond donors (Lipinski definition) is 0. The van der Waals surface area contributed by atoms with Crippen LogP contribution in [-0.4, -0.2) is 8.07 Å². The van der Waals surface area contributed by atoms with Crippen LogP contribution in [0.1, 0.15) is 24.0 Å². The maximum atomic E-state index is 3.45. The van der Waals surface area contributed by atoms with Gasteiger partial charge in [-0.05, 0) is 24.0 Å². The SMILES string of the molecule is C[Si](C)(C)C#C/C(=C\C#CCCCc1ccccc1)c1ccccc1. The van der Waals surface area contributed by atoms with E-state index in [1.807, 2.05) is 24.3 Å². The van der Waals surface area contributed by atoms with Gasteiger partial charge in [-0.2, -0.15) is 0 Å². The molecule has 0 fully saturated rings. The Morgan fingerprint density at radius 3 is 2.20 bits per heavy atom. The Balaban J connectivity index is 2.01. The third kappa shape index (κ3) is 7.75. The fraction of sp³-hybridized carbons (Fsp3) is 0.250. The highest BCUT2D eigenvalue weighted by atomic mass is 28.3. The lowest BCUT2D eigenvalue weighted by molar-refractivity contribution is 0.858. The van der Waals surface area contributed by atoms with Crippen molar-refractivity contribution >= 4 is 13.6 Å². The van der Waals surface area contributed by atoms with Crippen LogP contribution in [0, 0.1) is 23.3 Å². The van der Waals surface area contributed by atoms with E-state index in [1.54, 1.807) is 0 Å². The smallest absolute Gasteiger partial charge is 0.127 e. The summed E-state index contributed by atoms with van der Waals surface area (Å²) in [5.74, 6) is 9.84. The third-order valence-corrected chi connectivity index (χ3v) is 4.46. The second kappa shape index (κ2) is 9.73. The molecule has 0 aliphatic rings. The molecule has 0 unspecified atom stereocenters. The zero-order valence-electron chi connectivity index (χ0n) is 15.5. The van der Waals surface area contributed by atoms with Gasteiger partial charge in [0.2, 0.25) is 0 Å². The molecule has 0 bridgehead atoms. The van der Waals surface area contributed by atoms with Crippen LogP contribution in [-0.2, 0) is 6.42 Å². The van der Waals surface area contributed by atoms with E-state index in [2.05, 4.69) is 85.4 Å². The first kappa shape index (κ1) is 18.8. The summed E-state index contributed by atoms with van der Waals surface area (Å²) in [7, 11) is -1.40. The Labute approximate surface area is 154 Å². The molecule has 0 spiro atoms. The number of allylic oxidation sites excluding steroid dienone is 2. The van der Waals surface area contributed by atoms with Crippen LogP contribution in [0.5, 0.6) is 0 Å². The van der Waals surface area contributed by atoms with Crippen molar-refractivity contribution in [1.82, 2.24) is 0 Å². The maximum Gasteiger partial charge on any atom is 0.129 e. The summed E-state index contributed by atoms with van der Waals surface area (Å²) in [5, 5.41) is 0. The molecule has 1 heteroatoms. The molecule has 126 valence electrons. The molecule has 0 N–H and O–H groups in total. The van der Waals surface area contributed by atoms with Crippen molar-refractivity contribution in [3.05, 3.63) is 77.9 Å². The van der Waals surface area contributed by atoms with Crippen molar-refractivity contribution in [2.75, 3.05) is 0 Å². The van der Waals surface area contributed by atoms with Gasteiger partial charge >= 0.3 is 0 Å². The predicted molar refractivity (Wildman–Crippen MR) is 113 cm³/mol. The van der Waals surface area contributed by atoms with Crippen LogP contribution < -0.4 is 0 Å². The lowest BCUT2D eigenvalue weighted by Gasteiger charge is -2.04. The van der Waals surface area contributed by atoms with E-state index in [0.717, 1.165) is 30.4 Å². The Morgan fingerprint density at radius 1 is 0.920 bits per heavy atom. The van der Waals surface area contributed by atoms with E-state index in [0.29, 0.717) is 0 Å². The highest BCUT2D eigenvalue weighted by Gasteiger charge is 2.08. The Morgan fingerprint density at radius 2 is 1.56 bits per heavy atom. The molecular weight excluding hydrogens is 316 g/mol. The van der Waals surface area contributed by atoms with Crippen LogP contribution >= 0.6 is 0 Å². The second-order valence-corrected chi connectivity index (χ2v) is 11.8. The molecule has 0 radical (unpaired) electrons. The van der Waals surface area contributed by atoms with Crippen LogP contribution in [0.25, 0.3) is 5.57 Å². The fourth-order valence-electron chi connectivity index (χ4n) is 2.29. The molecular formula is C24H26Si. The molecule has 0 nitrogen and oxygen atoms in total. The van der Waals surface area contributed by atoms with E-state index in [9.17, 15) is 0 Å². The monoisotopic (exact) mass is 342 g/mol. The van der Waals surface area contributed by atoms with Gasteiger partial charge in [-0.3, -0.25) is 0 Å². The van der Waals surface area contributed by atoms with E-state index < -0.39 is 8.07 Å². The molecule has 2 aromatic carbocycles. The van der Waals surface area contributed by atoms with E-state index in [4.69, 9.17) is 0 Å². The van der Waals surface area contributed by atoms with Gasteiger partial charge in [-0.25, -0.2) is 0 Å². The molecule has 0 amide bonds. The van der Waals surface area contributed by atoms with E-state index >= 15 is 0 Å². The first-order chi connectivity index (χ1) is 12.0. The molecule has 2 aromatic rings. The lowest BCUT2D eigenvalue weighted by atomic mass is 10.1. The minimum absolute atomic E-state index is 0.912. The van der Waals surface area contributed by atoms with Crippen molar-refractivity contribution in [3.63, 3.8) is 0 Å². The summed E-state index contributed by atoms with van der Waals surface area (Å²) in [6.07, 6.45) is 5.06. The first-order valence-electron chi connectivity index (χ1n) is 8.86. The van der Waals surface area contributed by atoms with Crippen molar-refractivity contribution in [2.45, 2.75) is 38.9 Å². The van der Waals surface area contributed by atoms with Crippen LogP contribution in [0.2, 0.25) is 19.6 Å². The topological polar surface area (TPSA) is 0 Å². The molecule has 0 aliphatic heterocycles. The van der Waals surface area contributed by atoms with Crippen molar-refractivity contribution in [2.24, 2.45) is 0 Å². The highest BCUT2D eigenvalue weighted by Crippen LogP contribution is 2.13. The molecule has 0 saturated carbocycles. The first-order valence-corrected chi connectivity index (χ1v) is 12.4. The fourth-order valence-corrected chi connectivity index (χ4v) is 2.79. The average Bonchev–Trinajstić information content (AvgIpc) is 2.61. The standard InChI is InChI=1S/C24H26Si/c1-25(2,3)21-20-24(23-17-12-7-13-18-23)19-11-5-4-8-14-22-15-9-6-10-16-22/h6-7,9-10,12-13,15-19H,4,8,14H2,1-3H3/b24-19+. The lowest BCUT2D eigenvalue weighted by Crippen LogP contribution is -2.16. The molecule has 0 heterocycles. The van der Waals surface area contributed by atoms with Crippen molar-refractivity contribution in [3.8, 4) is 23.3 Å². The van der Waals surface area contributed by atoms with Gasteiger partial charge in [0.1, 0.15) is 8.07 Å². The van der Waals surface area contributed by atoms with Gasteiger partial charge in [0.05, 0.1) is 0 Å². The minimum atomic E-state index is -1.40. The number of aryl methyl sites for hydroxylation is 1. The summed E-state index contributed by atoms with van der Waals surface area (Å²) in [6, 6.07) is 20.9. The number of benzene rings is 2. The van der Waals surface area contributed by atoms with Crippen LogP contribution in [0.3, 0.4) is 0 Å². The van der Waals surface area contributed by atoms with Gasteiger partial charge in [0, 0.05) is 18.1 Å². The zero-order chi connectivity index (χ0) is 18.0. The summed E-state index contributed by atoms with van der Waals surface area (Å²) < 4.78 is 0. The number of unbranched alkanes of at least 4 members (excludes halogenated alkanes) is 1. The summed E-state index contributed by atoms with van der Waals surface area (Å²) in [6.45, 7) is 6.79. The summed E-state index contributed by atoms with van der Waals surface area (Å²) in [5.41, 5.74) is 7.00. The summed E-state index contributed by atoms with van der Waals surface area (Å²) >= 11 is 0. The Kier molecular flexibility index (Phi) is 7.33. The van der Waals surface area contributed by atoms with Crippen LogP contribution in [0.15, 0.2) is 66.7 Å². The van der Waals surface area contributed by atoms with E-state index in [1.165, 1.54) is 5.56 Å². The zero-order valence-corrected chi connectivity index (χ0v) is 16.5. The number of rotatable bonds is 4. The molecule has 0 saturated heterocycles. The molecule has 0 aliphatic carbocycles. The molecule has 0 aromatic heterocycles. The molecule has 2 rings (SSSR count).